The molecule has 0 fully saturated rings. The number of hydrogen-bond donors (Lipinski definition) is 1. The Kier molecular flexibility index (Phi) is 4.96. The standard InChI is InChI=1S/C25H19N3O/c1-29-24-13-6-5-12-20(24)18-10-7-11-19(14-18)21-15-23(17-8-3-2-4-9-17)28-25(27)22(21)16-26/h2-15H,1H3,(H2,27,28). The van der Waals surface area contributed by atoms with Crippen molar-refractivity contribution in [3.8, 4) is 45.3 Å². The van der Waals surface area contributed by atoms with Crippen molar-refractivity contribution in [1.82, 2.24) is 4.98 Å². The first-order chi connectivity index (χ1) is 14.2. The highest BCUT2D eigenvalue weighted by molar-refractivity contribution is 5.83. The number of nitrogen functional groups attached to an aromatic ring is 1. The van der Waals surface area contributed by atoms with E-state index in [0.717, 1.165) is 39.3 Å². The van der Waals surface area contributed by atoms with Crippen LogP contribution in [0.25, 0.3) is 33.5 Å². The van der Waals surface area contributed by atoms with E-state index in [1.807, 2.05) is 84.9 Å². The second-order valence-corrected chi connectivity index (χ2v) is 6.57. The first-order valence-corrected chi connectivity index (χ1v) is 9.21. The minimum Gasteiger partial charge on any atom is -0.496 e. The molecule has 0 aliphatic heterocycles. The third kappa shape index (κ3) is 3.54. The Bertz CT molecular complexity index is 1210. The Hall–Kier alpha value is -4.10. The monoisotopic (exact) mass is 377 g/mol. The van der Waals surface area contributed by atoms with Gasteiger partial charge in [0.2, 0.25) is 0 Å². The van der Waals surface area contributed by atoms with E-state index in [4.69, 9.17) is 10.5 Å². The van der Waals surface area contributed by atoms with Crippen LogP contribution < -0.4 is 10.5 Å². The van der Waals surface area contributed by atoms with E-state index in [2.05, 4.69) is 11.1 Å². The number of ether oxygens (including phenoxy) is 1. The summed E-state index contributed by atoms with van der Waals surface area (Å²) in [5.41, 5.74) is 11.9. The summed E-state index contributed by atoms with van der Waals surface area (Å²) in [5, 5.41) is 9.70. The van der Waals surface area contributed by atoms with Crippen LogP contribution in [-0.4, -0.2) is 12.1 Å². The zero-order valence-electron chi connectivity index (χ0n) is 16.0. The van der Waals surface area contributed by atoms with Crippen LogP contribution in [0.1, 0.15) is 5.56 Å². The van der Waals surface area contributed by atoms with Gasteiger partial charge in [-0.2, -0.15) is 5.26 Å². The smallest absolute Gasteiger partial charge is 0.142 e. The van der Waals surface area contributed by atoms with Crippen molar-refractivity contribution in [2.75, 3.05) is 12.8 Å². The van der Waals surface area contributed by atoms with Gasteiger partial charge in [-0.3, -0.25) is 0 Å². The number of anilines is 1. The average molecular weight is 377 g/mol. The summed E-state index contributed by atoms with van der Waals surface area (Å²) in [4.78, 5) is 4.44. The predicted octanol–water partition coefficient (Wildman–Crippen LogP) is 5.55. The van der Waals surface area contributed by atoms with Gasteiger partial charge < -0.3 is 10.5 Å². The maximum atomic E-state index is 9.70. The Labute approximate surface area is 169 Å². The number of aromatic nitrogens is 1. The van der Waals surface area contributed by atoms with E-state index in [0.29, 0.717) is 5.56 Å². The summed E-state index contributed by atoms with van der Waals surface area (Å²) in [5.74, 6) is 1.02. The van der Waals surface area contributed by atoms with Crippen LogP contribution in [0.2, 0.25) is 0 Å². The van der Waals surface area contributed by atoms with Crippen LogP contribution >= 0.6 is 0 Å². The molecule has 0 aliphatic carbocycles. The van der Waals surface area contributed by atoms with Crippen molar-refractivity contribution < 1.29 is 4.74 Å². The molecule has 1 heterocycles. The van der Waals surface area contributed by atoms with Crippen LogP contribution in [0.5, 0.6) is 5.75 Å². The van der Waals surface area contributed by atoms with Crippen molar-refractivity contribution in [3.05, 3.63) is 90.5 Å². The molecule has 4 heteroatoms. The number of nitriles is 1. The first-order valence-electron chi connectivity index (χ1n) is 9.21. The molecule has 0 atom stereocenters. The molecule has 4 nitrogen and oxygen atoms in total. The zero-order valence-corrected chi connectivity index (χ0v) is 16.0. The molecule has 0 saturated carbocycles. The van der Waals surface area contributed by atoms with E-state index in [1.165, 1.54) is 0 Å². The first kappa shape index (κ1) is 18.3. The second kappa shape index (κ2) is 7.87. The van der Waals surface area contributed by atoms with E-state index in [9.17, 15) is 5.26 Å². The van der Waals surface area contributed by atoms with Crippen LogP contribution in [0.3, 0.4) is 0 Å². The fraction of sp³-hybridized carbons (Fsp3) is 0.0400. The molecule has 0 radical (unpaired) electrons. The molecular formula is C25H19N3O. The van der Waals surface area contributed by atoms with Crippen molar-refractivity contribution in [3.63, 3.8) is 0 Å². The zero-order chi connectivity index (χ0) is 20.2. The van der Waals surface area contributed by atoms with Crippen LogP contribution in [0.15, 0.2) is 84.9 Å². The van der Waals surface area contributed by atoms with Crippen molar-refractivity contribution >= 4 is 5.82 Å². The number of rotatable bonds is 4. The molecule has 4 rings (SSSR count). The van der Waals surface area contributed by atoms with Gasteiger partial charge in [-0.25, -0.2) is 4.98 Å². The Morgan fingerprint density at radius 2 is 1.45 bits per heavy atom. The number of benzene rings is 3. The van der Waals surface area contributed by atoms with Crippen LogP contribution in [0.4, 0.5) is 5.82 Å². The number of hydrogen-bond acceptors (Lipinski definition) is 4. The van der Waals surface area contributed by atoms with Crippen LogP contribution in [-0.2, 0) is 0 Å². The third-order valence-corrected chi connectivity index (χ3v) is 4.82. The predicted molar refractivity (Wildman–Crippen MR) is 116 cm³/mol. The fourth-order valence-corrected chi connectivity index (χ4v) is 3.40. The number of nitrogens with two attached hydrogens (primary N) is 1. The maximum Gasteiger partial charge on any atom is 0.142 e. The van der Waals surface area contributed by atoms with Crippen molar-refractivity contribution in [1.29, 1.82) is 5.26 Å². The summed E-state index contributed by atoms with van der Waals surface area (Å²) >= 11 is 0. The minimum absolute atomic E-state index is 0.228. The van der Waals surface area contributed by atoms with Gasteiger partial charge in [0.25, 0.3) is 0 Å². The van der Waals surface area contributed by atoms with Crippen LogP contribution in [0, 0.1) is 11.3 Å². The molecule has 3 aromatic carbocycles. The topological polar surface area (TPSA) is 71.9 Å². The van der Waals surface area contributed by atoms with Gasteiger partial charge in [0.1, 0.15) is 23.2 Å². The molecule has 29 heavy (non-hydrogen) atoms. The molecule has 0 aliphatic rings. The summed E-state index contributed by atoms with van der Waals surface area (Å²) in [6.45, 7) is 0. The van der Waals surface area contributed by atoms with Gasteiger partial charge in [0.05, 0.1) is 12.8 Å². The van der Waals surface area contributed by atoms with Gasteiger partial charge in [0, 0.05) is 16.7 Å². The van der Waals surface area contributed by atoms with Gasteiger partial charge in [-0.15, -0.1) is 0 Å². The Balaban J connectivity index is 1.89. The highest BCUT2D eigenvalue weighted by atomic mass is 16.5. The summed E-state index contributed by atoms with van der Waals surface area (Å²) in [7, 11) is 1.66. The lowest BCUT2D eigenvalue weighted by molar-refractivity contribution is 0.416. The Morgan fingerprint density at radius 3 is 2.17 bits per heavy atom. The molecule has 4 aromatic rings. The van der Waals surface area contributed by atoms with Crippen molar-refractivity contribution in [2.45, 2.75) is 0 Å². The van der Waals surface area contributed by atoms with Crippen molar-refractivity contribution in [2.24, 2.45) is 0 Å². The quantitative estimate of drug-likeness (QED) is 0.506. The number of pyridine rings is 1. The molecule has 0 bridgehead atoms. The normalized spacial score (nSPS) is 10.3. The summed E-state index contributed by atoms with van der Waals surface area (Å²) in [6.07, 6.45) is 0. The molecule has 0 unspecified atom stereocenters. The van der Waals surface area contributed by atoms with E-state index in [1.54, 1.807) is 7.11 Å². The largest absolute Gasteiger partial charge is 0.496 e. The lowest BCUT2D eigenvalue weighted by atomic mass is 9.95. The van der Waals surface area contributed by atoms with E-state index >= 15 is 0 Å². The van der Waals surface area contributed by atoms with E-state index < -0.39 is 0 Å². The Morgan fingerprint density at radius 1 is 0.793 bits per heavy atom. The van der Waals surface area contributed by atoms with Gasteiger partial charge in [-0.05, 0) is 29.3 Å². The second-order valence-electron chi connectivity index (χ2n) is 6.57. The highest BCUT2D eigenvalue weighted by Gasteiger charge is 2.14. The summed E-state index contributed by atoms with van der Waals surface area (Å²) in [6, 6.07) is 29.8. The van der Waals surface area contributed by atoms with E-state index in [-0.39, 0.29) is 5.82 Å². The molecule has 0 saturated heterocycles. The van der Waals surface area contributed by atoms with Gasteiger partial charge in [-0.1, -0.05) is 66.7 Å². The highest BCUT2D eigenvalue weighted by Crippen LogP contribution is 2.35. The molecule has 0 spiro atoms. The number of nitrogens with zero attached hydrogens (tertiary/aromatic N) is 2. The average Bonchev–Trinajstić information content (AvgIpc) is 2.79. The molecule has 0 amide bonds. The molecule has 140 valence electrons. The fourth-order valence-electron chi connectivity index (χ4n) is 3.40. The SMILES string of the molecule is COc1ccccc1-c1cccc(-c2cc(-c3ccccc3)nc(N)c2C#N)c1. The lowest BCUT2D eigenvalue weighted by Crippen LogP contribution is -2.00. The van der Waals surface area contributed by atoms with Gasteiger partial charge in [0.15, 0.2) is 0 Å². The summed E-state index contributed by atoms with van der Waals surface area (Å²) < 4.78 is 5.50. The maximum absolute atomic E-state index is 9.70. The molecular weight excluding hydrogens is 358 g/mol. The molecule has 1 aromatic heterocycles. The number of para-hydroxylation sites is 1. The lowest BCUT2D eigenvalue weighted by Gasteiger charge is -2.13. The number of methoxy groups -OCH3 is 1. The molecule has 2 N–H and O–H groups in total. The van der Waals surface area contributed by atoms with Gasteiger partial charge >= 0.3 is 0 Å². The third-order valence-electron chi connectivity index (χ3n) is 4.82. The minimum atomic E-state index is 0.228.